The van der Waals surface area contributed by atoms with Crippen molar-refractivity contribution in [3.63, 3.8) is 0 Å². The van der Waals surface area contributed by atoms with E-state index < -0.39 is 0 Å². The maximum atomic E-state index is 5.94. The topological polar surface area (TPSA) is 47.3 Å². The maximum absolute atomic E-state index is 5.94. The number of nitrogens with one attached hydrogen (secondary N) is 1. The Kier molecular flexibility index (Phi) is 4.35. The van der Waals surface area contributed by atoms with Crippen LogP contribution in [0.1, 0.15) is 33.6 Å². The molecule has 14 heavy (non-hydrogen) atoms. The fourth-order valence-electron chi connectivity index (χ4n) is 1.72. The number of nitrogens with two attached hydrogens (primary N) is 1. The van der Waals surface area contributed by atoms with Crippen molar-refractivity contribution in [2.75, 3.05) is 19.7 Å². The van der Waals surface area contributed by atoms with E-state index in [0.717, 1.165) is 26.1 Å². The molecule has 0 aromatic rings. The van der Waals surface area contributed by atoms with Crippen LogP contribution in [0.25, 0.3) is 0 Å². The van der Waals surface area contributed by atoms with Crippen molar-refractivity contribution in [1.29, 1.82) is 0 Å². The lowest BCUT2D eigenvalue weighted by atomic mass is 10.0. The van der Waals surface area contributed by atoms with E-state index in [4.69, 9.17) is 10.5 Å². The van der Waals surface area contributed by atoms with Gasteiger partial charge in [-0.05, 0) is 25.7 Å². The minimum Gasteiger partial charge on any atom is -0.374 e. The first kappa shape index (κ1) is 12.0. The van der Waals surface area contributed by atoms with Gasteiger partial charge in [0, 0.05) is 25.7 Å². The van der Waals surface area contributed by atoms with Gasteiger partial charge in [-0.25, -0.2) is 0 Å². The van der Waals surface area contributed by atoms with Gasteiger partial charge in [-0.15, -0.1) is 0 Å². The summed E-state index contributed by atoms with van der Waals surface area (Å²) in [5, 5.41) is 3.40. The highest BCUT2D eigenvalue weighted by atomic mass is 16.5. The summed E-state index contributed by atoms with van der Waals surface area (Å²) in [4.78, 5) is 0. The van der Waals surface area contributed by atoms with Gasteiger partial charge in [0.15, 0.2) is 0 Å². The van der Waals surface area contributed by atoms with E-state index in [2.05, 4.69) is 26.1 Å². The summed E-state index contributed by atoms with van der Waals surface area (Å²) in [5.74, 6) is 0.541. The Morgan fingerprint density at radius 3 is 2.71 bits per heavy atom. The zero-order valence-corrected chi connectivity index (χ0v) is 9.68. The molecule has 0 aliphatic carbocycles. The van der Waals surface area contributed by atoms with Gasteiger partial charge in [-0.2, -0.15) is 0 Å². The summed E-state index contributed by atoms with van der Waals surface area (Å²) >= 11 is 0. The number of hydrogen-bond donors (Lipinski definition) is 2. The Morgan fingerprint density at radius 2 is 2.21 bits per heavy atom. The van der Waals surface area contributed by atoms with Crippen molar-refractivity contribution in [3.05, 3.63) is 0 Å². The first-order valence-electron chi connectivity index (χ1n) is 5.64. The molecule has 2 unspecified atom stereocenters. The summed E-state index contributed by atoms with van der Waals surface area (Å²) in [5.41, 5.74) is 5.99. The minimum atomic E-state index is 0.0523. The largest absolute Gasteiger partial charge is 0.374 e. The molecule has 0 saturated carbocycles. The van der Waals surface area contributed by atoms with Crippen LogP contribution in [0.2, 0.25) is 0 Å². The van der Waals surface area contributed by atoms with Crippen LogP contribution in [0.15, 0.2) is 0 Å². The number of ether oxygens (including phenoxy) is 1. The van der Waals surface area contributed by atoms with Crippen LogP contribution in [0, 0.1) is 5.92 Å². The normalized spacial score (nSPS) is 29.8. The van der Waals surface area contributed by atoms with E-state index in [1.807, 2.05) is 0 Å². The second-order valence-electron chi connectivity index (χ2n) is 4.94. The molecule has 0 bridgehead atoms. The second-order valence-corrected chi connectivity index (χ2v) is 4.94. The Balaban J connectivity index is 2.14. The summed E-state index contributed by atoms with van der Waals surface area (Å²) in [6.07, 6.45) is 2.35. The molecule has 2 atom stereocenters. The van der Waals surface area contributed by atoms with Gasteiger partial charge < -0.3 is 15.8 Å². The average molecular weight is 200 g/mol. The van der Waals surface area contributed by atoms with Crippen molar-refractivity contribution in [1.82, 2.24) is 5.32 Å². The Bertz CT molecular complexity index is 165. The second kappa shape index (κ2) is 5.10. The lowest BCUT2D eigenvalue weighted by Gasteiger charge is -2.25. The highest BCUT2D eigenvalue weighted by Gasteiger charge is 2.29. The van der Waals surface area contributed by atoms with Crippen LogP contribution in [-0.2, 0) is 4.74 Å². The van der Waals surface area contributed by atoms with Crippen LogP contribution in [0.4, 0.5) is 0 Å². The molecule has 0 aromatic carbocycles. The maximum Gasteiger partial charge on any atom is 0.0779 e. The van der Waals surface area contributed by atoms with E-state index in [1.165, 1.54) is 6.42 Å². The van der Waals surface area contributed by atoms with E-state index in [0.29, 0.717) is 5.92 Å². The molecule has 3 heteroatoms. The standard InChI is InChI=1S/C11H24N2O/c1-9(2)10(12)7-13-8-11(3)5-4-6-14-11/h9-10,13H,4-8,12H2,1-3H3. The third-order valence-corrected chi connectivity index (χ3v) is 3.04. The van der Waals surface area contributed by atoms with Crippen molar-refractivity contribution in [3.8, 4) is 0 Å². The SMILES string of the molecule is CC(C)C(N)CNCC1(C)CCCO1. The van der Waals surface area contributed by atoms with Gasteiger partial charge in [-0.3, -0.25) is 0 Å². The Labute approximate surface area is 87.4 Å². The van der Waals surface area contributed by atoms with Gasteiger partial charge in [0.05, 0.1) is 5.60 Å². The van der Waals surface area contributed by atoms with E-state index >= 15 is 0 Å². The molecule has 1 aliphatic rings. The molecule has 3 N–H and O–H groups in total. The molecule has 1 heterocycles. The summed E-state index contributed by atoms with van der Waals surface area (Å²) in [6.45, 7) is 9.20. The van der Waals surface area contributed by atoms with E-state index in [1.54, 1.807) is 0 Å². The van der Waals surface area contributed by atoms with Crippen LogP contribution in [-0.4, -0.2) is 31.3 Å². The van der Waals surface area contributed by atoms with Crippen molar-refractivity contribution < 1.29 is 4.74 Å². The Morgan fingerprint density at radius 1 is 1.50 bits per heavy atom. The van der Waals surface area contributed by atoms with Crippen LogP contribution in [0.5, 0.6) is 0 Å². The minimum absolute atomic E-state index is 0.0523. The predicted octanol–water partition coefficient (Wildman–Crippen LogP) is 1.13. The first-order chi connectivity index (χ1) is 6.53. The van der Waals surface area contributed by atoms with Gasteiger partial charge in [0.2, 0.25) is 0 Å². The lowest BCUT2D eigenvalue weighted by Crippen LogP contribution is -2.44. The molecule has 1 rings (SSSR count). The molecule has 1 saturated heterocycles. The third kappa shape index (κ3) is 3.56. The Hall–Kier alpha value is -0.120. The first-order valence-corrected chi connectivity index (χ1v) is 5.64. The van der Waals surface area contributed by atoms with Gasteiger partial charge in [0.1, 0.15) is 0 Å². The van der Waals surface area contributed by atoms with Crippen molar-refractivity contribution >= 4 is 0 Å². The predicted molar refractivity (Wildman–Crippen MR) is 59.3 cm³/mol. The number of rotatable bonds is 5. The molecule has 1 fully saturated rings. The van der Waals surface area contributed by atoms with Crippen LogP contribution in [0.3, 0.4) is 0 Å². The molecule has 1 aliphatic heterocycles. The monoisotopic (exact) mass is 200 g/mol. The fraction of sp³-hybridized carbons (Fsp3) is 1.00. The van der Waals surface area contributed by atoms with E-state index in [9.17, 15) is 0 Å². The number of hydrogen-bond acceptors (Lipinski definition) is 3. The smallest absolute Gasteiger partial charge is 0.0779 e. The zero-order valence-electron chi connectivity index (χ0n) is 9.68. The summed E-state index contributed by atoms with van der Waals surface area (Å²) in [6, 6.07) is 0.250. The quantitative estimate of drug-likeness (QED) is 0.699. The highest BCUT2D eigenvalue weighted by molar-refractivity contribution is 4.83. The van der Waals surface area contributed by atoms with Crippen molar-refractivity contribution in [2.24, 2.45) is 11.7 Å². The van der Waals surface area contributed by atoms with Crippen LogP contribution < -0.4 is 11.1 Å². The van der Waals surface area contributed by atoms with E-state index in [-0.39, 0.29) is 11.6 Å². The molecule has 0 radical (unpaired) electrons. The molecule has 0 amide bonds. The molecule has 0 aromatic heterocycles. The molecular formula is C11H24N2O. The lowest BCUT2D eigenvalue weighted by molar-refractivity contribution is 0.0206. The van der Waals surface area contributed by atoms with Gasteiger partial charge in [-0.1, -0.05) is 13.8 Å². The zero-order chi connectivity index (χ0) is 10.6. The third-order valence-electron chi connectivity index (χ3n) is 3.04. The summed E-state index contributed by atoms with van der Waals surface area (Å²) < 4.78 is 5.68. The fourth-order valence-corrected chi connectivity index (χ4v) is 1.72. The molecular weight excluding hydrogens is 176 g/mol. The summed E-state index contributed by atoms with van der Waals surface area (Å²) in [7, 11) is 0. The van der Waals surface area contributed by atoms with Gasteiger partial charge in [0.25, 0.3) is 0 Å². The highest BCUT2D eigenvalue weighted by Crippen LogP contribution is 2.23. The van der Waals surface area contributed by atoms with Crippen LogP contribution >= 0.6 is 0 Å². The average Bonchev–Trinajstić information content (AvgIpc) is 2.52. The molecule has 84 valence electrons. The van der Waals surface area contributed by atoms with Crippen molar-refractivity contribution in [2.45, 2.75) is 45.3 Å². The molecule has 0 spiro atoms. The molecule has 3 nitrogen and oxygen atoms in total. The van der Waals surface area contributed by atoms with Gasteiger partial charge >= 0.3 is 0 Å².